The van der Waals surface area contributed by atoms with Gasteiger partial charge in [0.2, 0.25) is 17.6 Å². The van der Waals surface area contributed by atoms with Crippen molar-refractivity contribution >= 4 is 64.8 Å². The number of alkyl halides is 2. The number of ether oxygens (including phenoxy) is 9. The lowest BCUT2D eigenvalue weighted by Gasteiger charge is -2.63. The highest BCUT2D eigenvalue weighted by molar-refractivity contribution is 6.02. The lowest BCUT2D eigenvalue weighted by molar-refractivity contribution is -0.235. The molecule has 26 nitrogen and oxygen atoms in total. The van der Waals surface area contributed by atoms with E-state index in [1.165, 1.54) is 32.9 Å². The van der Waals surface area contributed by atoms with Crippen molar-refractivity contribution in [2.24, 2.45) is 69.3 Å². The molecule has 1 aromatic rings. The number of anilines is 1. The number of benzene rings is 1. The number of halogens is 2. The number of urea groups is 1. The van der Waals surface area contributed by atoms with E-state index in [9.17, 15) is 53.1 Å². The molecule has 6 amide bonds. The molecule has 1 aromatic carbocycles. The summed E-state index contributed by atoms with van der Waals surface area (Å²) in [6, 6.07) is 3.56. The maximum absolute atomic E-state index is 18.1. The second kappa shape index (κ2) is 38.2. The molecule has 8 N–H and O–H groups in total. The number of rotatable bonds is 42. The Bertz CT molecular complexity index is 3380. The van der Waals surface area contributed by atoms with Crippen molar-refractivity contribution in [3.63, 3.8) is 0 Å². The molecule has 8 rings (SSSR count). The van der Waals surface area contributed by atoms with E-state index in [1.807, 2.05) is 20.8 Å². The highest BCUT2D eigenvalue weighted by Gasteiger charge is 2.80. The van der Waals surface area contributed by atoms with Gasteiger partial charge in [-0.05, 0) is 149 Å². The van der Waals surface area contributed by atoms with E-state index in [2.05, 4.69) is 38.4 Å². The molecule has 0 aromatic heterocycles. The SMILES string of the molecule is CCCC1O[C@@H]2C[C@H]3[C@@H]4C[C@H](F)C5=CC(=O)C=C[C@]5(C)[C@@]4(F)[C@@H](O)C[C@]3(C)[C@]2(C(=O)COC(=O)C(C)(C)CC(=O)[C@H](CC(C)C)NC(=O)OCc2ccc(NC(=O)[C@H](CCCNC(N)=O)CC(=O)[C@@H](NC(=O)CCOCCOCCOCCOCCNC(=O)OCC3[C@H]4CCC#CCC[C@@H]34)C(C)C)cc2)O1. The summed E-state index contributed by atoms with van der Waals surface area (Å²) in [6.45, 7) is 17.3. The highest BCUT2D eigenvalue weighted by atomic mass is 19.1. The molecule has 5 fully saturated rings. The molecule has 2 unspecified atom stereocenters. The average molecular weight is 1490 g/mol. The summed E-state index contributed by atoms with van der Waals surface area (Å²) >= 11 is 0. The van der Waals surface area contributed by atoms with E-state index in [1.54, 1.807) is 45.0 Å². The molecule has 6 aliphatic carbocycles. The molecule has 16 atom stereocenters. The molecule has 0 spiro atoms. The summed E-state index contributed by atoms with van der Waals surface area (Å²) < 4.78 is 86.3. The largest absolute Gasteiger partial charge is 0.457 e. The van der Waals surface area contributed by atoms with E-state index >= 15 is 8.78 Å². The van der Waals surface area contributed by atoms with Gasteiger partial charge in [-0.25, -0.2) is 23.2 Å². The maximum Gasteiger partial charge on any atom is 0.408 e. The fourth-order valence-corrected chi connectivity index (χ4v) is 16.7. The van der Waals surface area contributed by atoms with Crippen molar-refractivity contribution in [3.05, 3.63) is 53.6 Å². The normalized spacial score (nSPS) is 28.4. The number of hydrogen-bond acceptors (Lipinski definition) is 20. The Kier molecular flexibility index (Phi) is 30.4. The molecule has 588 valence electrons. The van der Waals surface area contributed by atoms with Gasteiger partial charge in [-0.3, -0.25) is 33.6 Å². The van der Waals surface area contributed by atoms with Crippen LogP contribution in [0.2, 0.25) is 0 Å². The number of esters is 1. The first-order valence-electron chi connectivity index (χ1n) is 37.8. The Morgan fingerprint density at radius 1 is 0.802 bits per heavy atom. The molecule has 7 aliphatic rings. The monoisotopic (exact) mass is 1490 g/mol. The number of primary amides is 1. The summed E-state index contributed by atoms with van der Waals surface area (Å²) in [6.07, 6.45) is 1.37. The van der Waals surface area contributed by atoms with Crippen molar-refractivity contribution in [2.45, 2.75) is 213 Å². The smallest absolute Gasteiger partial charge is 0.408 e. The summed E-state index contributed by atoms with van der Waals surface area (Å²) in [5.41, 5.74) is -2.70. The first-order chi connectivity index (χ1) is 50.4. The van der Waals surface area contributed by atoms with Crippen molar-refractivity contribution in [2.75, 3.05) is 84.5 Å². The lowest BCUT2D eigenvalue weighted by Crippen LogP contribution is -2.71. The minimum absolute atomic E-state index is 0.0371. The Morgan fingerprint density at radius 2 is 1.45 bits per heavy atom. The highest BCUT2D eigenvalue weighted by Crippen LogP contribution is 2.72. The van der Waals surface area contributed by atoms with Gasteiger partial charge in [-0.15, -0.1) is 11.8 Å². The summed E-state index contributed by atoms with van der Waals surface area (Å²) in [7, 11) is 0. The number of ketones is 4. The van der Waals surface area contributed by atoms with Gasteiger partial charge >= 0.3 is 24.2 Å². The van der Waals surface area contributed by atoms with Gasteiger partial charge in [0.15, 0.2) is 41.5 Å². The molecule has 1 heterocycles. The number of carbonyl (C=O) groups is 10. The zero-order valence-corrected chi connectivity index (χ0v) is 63.0. The average Bonchev–Trinajstić information content (AvgIpc) is 1.43. The van der Waals surface area contributed by atoms with E-state index < -0.39 is 148 Å². The molecule has 0 bridgehead atoms. The molecular weight excluding hydrogens is 1380 g/mol. The van der Waals surface area contributed by atoms with Gasteiger partial charge in [0.1, 0.15) is 12.8 Å². The number of carbonyl (C=O) groups excluding carboxylic acids is 10. The minimum Gasteiger partial charge on any atom is -0.457 e. The number of fused-ring (bicyclic) bond motifs is 8. The molecule has 1 aliphatic heterocycles. The van der Waals surface area contributed by atoms with E-state index in [-0.39, 0.29) is 101 Å². The van der Waals surface area contributed by atoms with Crippen LogP contribution in [-0.4, -0.2) is 191 Å². The molecular formula is C78H112F2N6O20. The van der Waals surface area contributed by atoms with Crippen molar-refractivity contribution in [3.8, 4) is 11.8 Å². The van der Waals surface area contributed by atoms with E-state index in [4.69, 9.17) is 48.4 Å². The van der Waals surface area contributed by atoms with E-state index in [0.29, 0.717) is 94.5 Å². The fourth-order valence-electron chi connectivity index (χ4n) is 16.7. The van der Waals surface area contributed by atoms with Crippen LogP contribution in [0.15, 0.2) is 48.1 Å². The zero-order valence-electron chi connectivity index (χ0n) is 63.0. The van der Waals surface area contributed by atoms with Crippen LogP contribution in [0, 0.1) is 75.4 Å². The second-order valence-corrected chi connectivity index (χ2v) is 31.1. The molecule has 106 heavy (non-hydrogen) atoms. The summed E-state index contributed by atoms with van der Waals surface area (Å²) in [5, 5.41) is 25.5. The standard InChI is InChI=1S/C78H112F2N6O20/c1-10-16-67-105-65-41-56-57-40-59(79)58-39-52(87)24-26-75(58,8)77(57,80)63(90)43-76(56,9)78(65,106-67)64(91)46-102-70(94)74(6,7)42-62(89)60(37-47(2)3)85-73(97)103-44-49-20-22-51(23-21-49)84-69(93)50(17-15-27-82-71(81)95)38-61(88)68(48(4)5)86-66(92)25-29-98-31-33-100-35-36-101-34-32-99-30-28-83-72(96)104-45-55-53-18-13-11-12-14-19-54(53)55/h20-24,26,39,47-48,50,53-57,59-60,63,65,67-68,90H,10,13-19,25,27-38,40-46H2,1-9H3,(H,83,96)(H,84,93)(H,85,97)(H,86,92)(H3,81,82,95)/t50-,53-,54+,55?,56+,57+,59+,60+,63+,65-,67?,68+,75+,76+,77+,78-/m1/s1. The van der Waals surface area contributed by atoms with Crippen molar-refractivity contribution in [1.29, 1.82) is 0 Å². The minimum atomic E-state index is -2.42. The van der Waals surface area contributed by atoms with Crippen LogP contribution in [0.1, 0.15) is 164 Å². The van der Waals surface area contributed by atoms with Crippen molar-refractivity contribution < 1.29 is 104 Å². The number of nitrogens with two attached hydrogens (primary N) is 1. The second-order valence-electron chi connectivity index (χ2n) is 31.1. The number of aliphatic hydroxyl groups excluding tert-OH is 1. The first kappa shape index (κ1) is 84.4. The van der Waals surface area contributed by atoms with Gasteiger partial charge in [-0.2, -0.15) is 0 Å². The predicted octanol–water partition coefficient (Wildman–Crippen LogP) is 8.36. The van der Waals surface area contributed by atoms with Crippen molar-refractivity contribution in [1.82, 2.24) is 21.3 Å². The predicted molar refractivity (Wildman–Crippen MR) is 383 cm³/mol. The topological polar surface area (TPSA) is 360 Å². The third-order valence-electron chi connectivity index (χ3n) is 22.4. The van der Waals surface area contributed by atoms with Gasteiger partial charge in [-0.1, -0.05) is 66.2 Å². The van der Waals surface area contributed by atoms with Gasteiger partial charge in [0.05, 0.1) is 89.2 Å². The summed E-state index contributed by atoms with van der Waals surface area (Å²) in [4.78, 5) is 133. The Morgan fingerprint density at radius 3 is 2.08 bits per heavy atom. The number of alkyl carbamates (subject to hydrolysis) is 2. The molecule has 28 heteroatoms. The maximum atomic E-state index is 18.1. The number of amides is 6. The van der Waals surface area contributed by atoms with Crippen LogP contribution in [0.25, 0.3) is 0 Å². The van der Waals surface area contributed by atoms with Gasteiger partial charge in [0, 0.05) is 73.5 Å². The van der Waals surface area contributed by atoms with Gasteiger partial charge in [0.25, 0.3) is 0 Å². The Hall–Kier alpha value is -7.26. The Balaban J connectivity index is 0.738. The number of Topliss-reactive ketones (excluding diaryl/α,β-unsaturated/α-hetero) is 3. The third-order valence-corrected chi connectivity index (χ3v) is 22.4. The zero-order chi connectivity index (χ0) is 77.2. The van der Waals surface area contributed by atoms with Crippen LogP contribution >= 0.6 is 0 Å². The quantitative estimate of drug-likeness (QED) is 0.0140. The fraction of sp³-hybridized carbons (Fsp3) is 0.718. The summed E-state index contributed by atoms with van der Waals surface area (Å²) in [5.74, 6) is 0.918. The Labute approximate surface area is 620 Å². The van der Waals surface area contributed by atoms with Crippen LogP contribution in [-0.2, 0) is 82.8 Å². The molecule has 0 radical (unpaired) electrons. The third kappa shape index (κ3) is 20.9. The molecule has 4 saturated carbocycles. The van der Waals surface area contributed by atoms with E-state index in [0.717, 1.165) is 31.8 Å². The van der Waals surface area contributed by atoms with Crippen LogP contribution in [0.5, 0.6) is 0 Å². The number of allylic oxidation sites excluding steroid dienone is 4. The van der Waals surface area contributed by atoms with Crippen LogP contribution in [0.4, 0.5) is 28.9 Å². The van der Waals surface area contributed by atoms with Crippen LogP contribution in [0.3, 0.4) is 0 Å². The molecule has 1 saturated heterocycles. The number of hydrogen-bond donors (Lipinski definition) is 7. The number of aliphatic hydroxyl groups is 1. The first-order valence-corrected chi connectivity index (χ1v) is 37.8. The number of nitrogens with one attached hydrogen (secondary N) is 5. The van der Waals surface area contributed by atoms with Crippen LogP contribution < -0.4 is 32.3 Å². The van der Waals surface area contributed by atoms with Gasteiger partial charge < -0.3 is 80.1 Å². The lowest BCUT2D eigenvalue weighted by atomic mass is 9.44.